The van der Waals surface area contributed by atoms with Gasteiger partial charge in [-0.3, -0.25) is 14.9 Å². The number of aryl methyl sites for hydroxylation is 1. The number of benzene rings is 1. The molecule has 1 unspecified atom stereocenters. The van der Waals surface area contributed by atoms with Crippen molar-refractivity contribution in [1.29, 1.82) is 0 Å². The molecule has 2 aromatic rings. The Bertz CT molecular complexity index is 983. The maximum absolute atomic E-state index is 13.0. The van der Waals surface area contributed by atoms with Crippen molar-refractivity contribution in [2.75, 3.05) is 32.1 Å². The summed E-state index contributed by atoms with van der Waals surface area (Å²) < 4.78 is 4.85. The van der Waals surface area contributed by atoms with Crippen LogP contribution < -0.4 is 10.6 Å². The summed E-state index contributed by atoms with van der Waals surface area (Å²) >= 11 is 6.14. The van der Waals surface area contributed by atoms with Crippen LogP contribution in [0.4, 0.5) is 5.82 Å². The Morgan fingerprint density at radius 2 is 2.25 bits per heavy atom. The van der Waals surface area contributed by atoms with Crippen LogP contribution in [0.25, 0.3) is 0 Å². The van der Waals surface area contributed by atoms with E-state index >= 15 is 0 Å². The van der Waals surface area contributed by atoms with Gasteiger partial charge in [-0.05, 0) is 48.6 Å². The quantitative estimate of drug-likeness (QED) is 0.594. The molecular formula is C24H29ClN4O3. The lowest BCUT2D eigenvalue weighted by Gasteiger charge is -2.23. The lowest BCUT2D eigenvalue weighted by atomic mass is 10.0. The van der Waals surface area contributed by atoms with E-state index in [0.29, 0.717) is 31.0 Å². The zero-order chi connectivity index (χ0) is 22.5. The molecule has 2 atom stereocenters. The Morgan fingerprint density at radius 3 is 3.06 bits per heavy atom. The number of fused-ring (bicyclic) bond motifs is 1. The summed E-state index contributed by atoms with van der Waals surface area (Å²) in [7, 11) is 1.37. The van der Waals surface area contributed by atoms with Crippen LogP contribution in [-0.4, -0.2) is 54.5 Å². The maximum atomic E-state index is 13.0. The lowest BCUT2D eigenvalue weighted by molar-refractivity contribution is -0.141. The molecule has 0 spiro atoms. The van der Waals surface area contributed by atoms with Gasteiger partial charge in [0.25, 0.3) is 0 Å². The molecule has 0 bridgehead atoms. The van der Waals surface area contributed by atoms with E-state index in [-0.39, 0.29) is 30.4 Å². The second-order valence-electron chi connectivity index (χ2n) is 8.31. The summed E-state index contributed by atoms with van der Waals surface area (Å²) in [6.07, 6.45) is 3.74. The van der Waals surface area contributed by atoms with Crippen LogP contribution in [0.5, 0.6) is 0 Å². The van der Waals surface area contributed by atoms with Crippen molar-refractivity contribution in [2.45, 2.75) is 44.2 Å². The number of rotatable bonds is 8. The largest absolute Gasteiger partial charge is 0.469 e. The Kier molecular flexibility index (Phi) is 7.27. The molecule has 7 nitrogen and oxygen atoms in total. The fraction of sp³-hybridized carbons (Fsp3) is 0.458. The highest BCUT2D eigenvalue weighted by atomic mass is 35.5. The number of hydrogen-bond donors (Lipinski definition) is 2. The van der Waals surface area contributed by atoms with Gasteiger partial charge >= 0.3 is 5.97 Å². The maximum Gasteiger partial charge on any atom is 0.307 e. The van der Waals surface area contributed by atoms with Gasteiger partial charge in [0.05, 0.1) is 19.6 Å². The molecule has 0 aliphatic carbocycles. The number of hydrogen-bond acceptors (Lipinski definition) is 6. The number of carbonyl (C=O) groups is 2. The lowest BCUT2D eigenvalue weighted by Crippen LogP contribution is -2.41. The number of nitrogens with one attached hydrogen (secondary N) is 2. The van der Waals surface area contributed by atoms with E-state index in [1.165, 1.54) is 12.7 Å². The Labute approximate surface area is 193 Å². The first-order chi connectivity index (χ1) is 15.5. The highest BCUT2D eigenvalue weighted by Crippen LogP contribution is 2.24. The molecule has 2 N–H and O–H groups in total. The summed E-state index contributed by atoms with van der Waals surface area (Å²) in [5.74, 6) is 0.697. The van der Waals surface area contributed by atoms with Gasteiger partial charge in [0, 0.05) is 42.8 Å². The Hall–Kier alpha value is -2.64. The number of halogens is 1. The van der Waals surface area contributed by atoms with Crippen molar-refractivity contribution in [3.8, 4) is 0 Å². The first-order valence-corrected chi connectivity index (χ1v) is 11.5. The van der Waals surface area contributed by atoms with E-state index in [2.05, 4.69) is 22.8 Å². The van der Waals surface area contributed by atoms with Crippen LogP contribution in [0, 0.1) is 0 Å². The van der Waals surface area contributed by atoms with Gasteiger partial charge in [-0.1, -0.05) is 29.8 Å². The molecule has 8 heteroatoms. The van der Waals surface area contributed by atoms with Crippen molar-refractivity contribution in [3.63, 3.8) is 0 Å². The molecule has 1 aromatic carbocycles. The second-order valence-corrected chi connectivity index (χ2v) is 8.75. The smallest absolute Gasteiger partial charge is 0.307 e. The number of ether oxygens (including phenoxy) is 1. The SMILES string of the molecule is COC(=O)CC(N[C@@H]1CCN(CCc2ccc3c(n2)NCCC3)C1=O)c1cccc(Cl)c1. The predicted octanol–water partition coefficient (Wildman–Crippen LogP) is 3.13. The van der Waals surface area contributed by atoms with Gasteiger partial charge in [0.2, 0.25) is 5.91 Å². The van der Waals surface area contributed by atoms with E-state index in [1.54, 1.807) is 6.07 Å². The zero-order valence-corrected chi connectivity index (χ0v) is 19.0. The molecular weight excluding hydrogens is 428 g/mol. The first-order valence-electron chi connectivity index (χ1n) is 11.1. The molecule has 0 radical (unpaired) electrons. The first kappa shape index (κ1) is 22.6. The van der Waals surface area contributed by atoms with Gasteiger partial charge in [0.15, 0.2) is 0 Å². The predicted molar refractivity (Wildman–Crippen MR) is 124 cm³/mol. The van der Waals surface area contributed by atoms with Crippen LogP contribution in [-0.2, 0) is 27.2 Å². The Balaban J connectivity index is 1.37. The molecule has 1 amide bonds. The number of likely N-dealkylation sites (tertiary alicyclic amines) is 1. The number of aromatic nitrogens is 1. The molecule has 1 saturated heterocycles. The monoisotopic (exact) mass is 456 g/mol. The molecule has 1 aromatic heterocycles. The summed E-state index contributed by atoms with van der Waals surface area (Å²) in [5, 5.41) is 7.32. The zero-order valence-electron chi connectivity index (χ0n) is 18.3. The topological polar surface area (TPSA) is 83.6 Å². The second kappa shape index (κ2) is 10.3. The number of nitrogens with zero attached hydrogens (tertiary/aromatic N) is 2. The summed E-state index contributed by atoms with van der Waals surface area (Å²) in [4.78, 5) is 31.6. The molecule has 4 rings (SSSR count). The summed E-state index contributed by atoms with van der Waals surface area (Å²) in [6.45, 7) is 2.27. The van der Waals surface area contributed by atoms with Crippen molar-refractivity contribution in [1.82, 2.24) is 15.2 Å². The third-order valence-electron chi connectivity index (χ3n) is 6.14. The van der Waals surface area contributed by atoms with Crippen molar-refractivity contribution < 1.29 is 14.3 Å². The van der Waals surface area contributed by atoms with Crippen molar-refractivity contribution in [2.24, 2.45) is 0 Å². The fourth-order valence-corrected chi connectivity index (χ4v) is 4.56. The van der Waals surface area contributed by atoms with Crippen molar-refractivity contribution >= 4 is 29.3 Å². The molecule has 0 saturated carbocycles. The molecule has 2 aliphatic heterocycles. The van der Waals surface area contributed by atoms with Crippen LogP contribution in [0.15, 0.2) is 36.4 Å². The minimum Gasteiger partial charge on any atom is -0.469 e. The number of anilines is 1. The molecule has 32 heavy (non-hydrogen) atoms. The molecule has 1 fully saturated rings. The molecule has 3 heterocycles. The van der Waals surface area contributed by atoms with E-state index in [1.807, 2.05) is 23.1 Å². The minimum absolute atomic E-state index is 0.0537. The van der Waals surface area contributed by atoms with Crippen LogP contribution in [0.1, 0.15) is 42.1 Å². The van der Waals surface area contributed by atoms with Crippen molar-refractivity contribution in [3.05, 3.63) is 58.2 Å². The van der Waals surface area contributed by atoms with Gasteiger partial charge in [-0.25, -0.2) is 4.98 Å². The van der Waals surface area contributed by atoms with Gasteiger partial charge < -0.3 is 15.0 Å². The average Bonchev–Trinajstić information content (AvgIpc) is 3.16. The van der Waals surface area contributed by atoms with E-state index < -0.39 is 0 Å². The number of carbonyl (C=O) groups excluding carboxylic acids is 2. The van der Waals surface area contributed by atoms with E-state index in [4.69, 9.17) is 21.3 Å². The van der Waals surface area contributed by atoms with E-state index in [9.17, 15) is 9.59 Å². The number of amides is 1. The fourth-order valence-electron chi connectivity index (χ4n) is 4.36. The average molecular weight is 457 g/mol. The number of pyridine rings is 1. The standard InChI is InChI=1S/C24H29ClN4O3/c1-32-22(30)15-21(17-4-2-6-18(25)14-17)28-20-10-13-29(24(20)31)12-9-19-8-7-16-5-3-11-26-23(16)27-19/h2,4,6-8,14,20-21,28H,3,5,9-13,15H2,1H3,(H,26,27)/t20-,21?/m1/s1. The summed E-state index contributed by atoms with van der Waals surface area (Å²) in [6, 6.07) is 10.9. The Morgan fingerprint density at radius 1 is 1.38 bits per heavy atom. The highest BCUT2D eigenvalue weighted by molar-refractivity contribution is 6.30. The normalized spacial score (nSPS) is 18.8. The van der Waals surface area contributed by atoms with Crippen LogP contribution in [0.2, 0.25) is 5.02 Å². The van der Waals surface area contributed by atoms with E-state index in [0.717, 1.165) is 36.5 Å². The third-order valence-corrected chi connectivity index (χ3v) is 6.37. The van der Waals surface area contributed by atoms with Crippen LogP contribution in [0.3, 0.4) is 0 Å². The number of esters is 1. The van der Waals surface area contributed by atoms with Crippen LogP contribution >= 0.6 is 11.6 Å². The van der Waals surface area contributed by atoms with Gasteiger partial charge in [-0.15, -0.1) is 0 Å². The molecule has 2 aliphatic rings. The summed E-state index contributed by atoms with van der Waals surface area (Å²) in [5.41, 5.74) is 3.11. The minimum atomic E-state index is -0.346. The van der Waals surface area contributed by atoms with Gasteiger partial charge in [-0.2, -0.15) is 0 Å². The molecule has 170 valence electrons. The van der Waals surface area contributed by atoms with Gasteiger partial charge in [0.1, 0.15) is 5.82 Å². The third kappa shape index (κ3) is 5.40. The highest BCUT2D eigenvalue weighted by Gasteiger charge is 2.33. The number of methoxy groups -OCH3 is 1.